The third-order valence-electron chi connectivity index (χ3n) is 5.42. The second-order valence-electron chi connectivity index (χ2n) is 7.46. The maximum atomic E-state index is 10.3. The number of nitrogens with zero attached hydrogens (tertiary/aromatic N) is 2. The number of hydrogen-bond donors (Lipinski definition) is 1. The summed E-state index contributed by atoms with van der Waals surface area (Å²) in [4.78, 5) is 7.89. The van der Waals surface area contributed by atoms with Crippen molar-refractivity contribution in [1.29, 1.82) is 0 Å². The van der Waals surface area contributed by atoms with Gasteiger partial charge in [-0.1, -0.05) is 60.6 Å². The van der Waals surface area contributed by atoms with E-state index in [1.165, 1.54) is 24.0 Å². The van der Waals surface area contributed by atoms with Crippen LogP contribution in [0.5, 0.6) is 0 Å². The van der Waals surface area contributed by atoms with Crippen molar-refractivity contribution in [3.8, 4) is 11.1 Å². The van der Waals surface area contributed by atoms with E-state index in [0.29, 0.717) is 6.54 Å². The molecule has 0 bridgehead atoms. The summed E-state index contributed by atoms with van der Waals surface area (Å²) in [6, 6.07) is 16.5. The van der Waals surface area contributed by atoms with E-state index in [-0.39, 0.29) is 6.61 Å². The maximum absolute atomic E-state index is 10.3. The molecule has 4 nitrogen and oxygen atoms in total. The average molecular weight is 350 g/mol. The molecule has 1 saturated heterocycles. The van der Waals surface area contributed by atoms with E-state index < -0.39 is 6.10 Å². The van der Waals surface area contributed by atoms with Crippen LogP contribution in [0.4, 0.5) is 0 Å². The van der Waals surface area contributed by atoms with Gasteiger partial charge in [-0.3, -0.25) is 0 Å². The molecule has 1 heterocycles. The molecule has 2 aliphatic rings. The number of likely N-dealkylation sites (tertiary alicyclic amines) is 1. The van der Waals surface area contributed by atoms with Crippen molar-refractivity contribution >= 4 is 5.71 Å². The molecule has 1 atom stereocenters. The Hall–Kier alpha value is -2.17. The molecule has 4 rings (SSSR count). The molecule has 1 N–H and O–H groups in total. The smallest absolute Gasteiger partial charge is 0.144 e. The van der Waals surface area contributed by atoms with Crippen molar-refractivity contribution < 1.29 is 9.94 Å². The highest BCUT2D eigenvalue weighted by atomic mass is 16.6. The van der Waals surface area contributed by atoms with Crippen molar-refractivity contribution in [3.63, 3.8) is 0 Å². The van der Waals surface area contributed by atoms with E-state index in [0.717, 1.165) is 35.8 Å². The Labute approximate surface area is 155 Å². The molecule has 1 aliphatic heterocycles. The first-order valence-electron chi connectivity index (χ1n) is 9.52. The summed E-state index contributed by atoms with van der Waals surface area (Å²) in [5.74, 6) is 0.800. The molecule has 4 heteroatoms. The van der Waals surface area contributed by atoms with Crippen molar-refractivity contribution in [2.75, 3.05) is 26.2 Å². The lowest BCUT2D eigenvalue weighted by molar-refractivity contribution is 0.0134. The first kappa shape index (κ1) is 17.3. The topological polar surface area (TPSA) is 45.1 Å². The normalized spacial score (nSPS) is 18.3. The molecule has 2 aromatic carbocycles. The Bertz CT molecular complexity index is 747. The quantitative estimate of drug-likeness (QED) is 0.716. The predicted octanol–water partition coefficient (Wildman–Crippen LogP) is 3.53. The number of fused-ring (bicyclic) bond motifs is 3. The SMILES string of the molecule is CC1CCN(C[C@H](O)CON=C2c3ccccc3-c3ccccc32)CC1. The molecular weight excluding hydrogens is 324 g/mol. The van der Waals surface area contributed by atoms with E-state index >= 15 is 0 Å². The van der Waals surface area contributed by atoms with Crippen LogP contribution < -0.4 is 0 Å². The lowest BCUT2D eigenvalue weighted by atomic mass is 9.99. The molecule has 0 radical (unpaired) electrons. The number of rotatable bonds is 5. The van der Waals surface area contributed by atoms with Gasteiger partial charge in [0.1, 0.15) is 18.4 Å². The molecule has 1 fully saturated rings. The van der Waals surface area contributed by atoms with E-state index in [9.17, 15) is 5.11 Å². The van der Waals surface area contributed by atoms with Crippen LogP contribution in [-0.2, 0) is 4.84 Å². The number of piperidine rings is 1. The van der Waals surface area contributed by atoms with Gasteiger partial charge >= 0.3 is 0 Å². The van der Waals surface area contributed by atoms with Gasteiger partial charge in [0.2, 0.25) is 0 Å². The molecule has 0 spiro atoms. The van der Waals surface area contributed by atoms with E-state index in [2.05, 4.69) is 41.2 Å². The Balaban J connectivity index is 1.41. The van der Waals surface area contributed by atoms with Gasteiger partial charge in [0.15, 0.2) is 0 Å². The minimum absolute atomic E-state index is 0.222. The van der Waals surface area contributed by atoms with Gasteiger partial charge in [-0.05, 0) is 43.0 Å². The number of oxime groups is 1. The number of aliphatic hydroxyl groups excluding tert-OH is 1. The predicted molar refractivity (Wildman–Crippen MR) is 104 cm³/mol. The highest BCUT2D eigenvalue weighted by Gasteiger charge is 2.25. The van der Waals surface area contributed by atoms with Crippen LogP contribution in [0.25, 0.3) is 11.1 Å². The zero-order chi connectivity index (χ0) is 17.9. The van der Waals surface area contributed by atoms with Gasteiger partial charge in [0.05, 0.1) is 0 Å². The number of β-amino-alcohol motifs (C(OH)–C–C–N with tert-alkyl or cyclic N) is 1. The summed E-state index contributed by atoms with van der Waals surface area (Å²) >= 11 is 0. The molecule has 0 aromatic heterocycles. The van der Waals surface area contributed by atoms with Crippen LogP contribution in [0.1, 0.15) is 30.9 Å². The minimum atomic E-state index is -0.514. The Kier molecular flexibility index (Phi) is 5.05. The van der Waals surface area contributed by atoms with Crippen LogP contribution in [0, 0.1) is 5.92 Å². The standard InChI is InChI=1S/C22H26N2O2/c1-16-10-12-24(13-11-16)14-17(25)15-26-23-22-20-8-4-2-6-18(20)19-7-3-5-9-21(19)22/h2-9,16-17,25H,10-15H2,1H3/t17-/m0/s1. The molecule has 0 amide bonds. The molecule has 136 valence electrons. The average Bonchev–Trinajstić information content (AvgIpc) is 2.98. The van der Waals surface area contributed by atoms with Crippen molar-refractivity contribution in [2.45, 2.75) is 25.9 Å². The van der Waals surface area contributed by atoms with Crippen molar-refractivity contribution in [1.82, 2.24) is 4.90 Å². The van der Waals surface area contributed by atoms with Crippen LogP contribution in [0.3, 0.4) is 0 Å². The summed E-state index contributed by atoms with van der Waals surface area (Å²) in [6.07, 6.45) is 1.91. The highest BCUT2D eigenvalue weighted by molar-refractivity contribution is 6.24. The van der Waals surface area contributed by atoms with Crippen LogP contribution in [0.2, 0.25) is 0 Å². The minimum Gasteiger partial charge on any atom is -0.392 e. The van der Waals surface area contributed by atoms with Gasteiger partial charge in [0, 0.05) is 17.7 Å². The van der Waals surface area contributed by atoms with Crippen LogP contribution in [-0.4, -0.2) is 48.1 Å². The van der Waals surface area contributed by atoms with Gasteiger partial charge in [-0.15, -0.1) is 0 Å². The zero-order valence-electron chi connectivity index (χ0n) is 15.3. The van der Waals surface area contributed by atoms with Crippen LogP contribution in [0.15, 0.2) is 53.7 Å². The second-order valence-corrected chi connectivity index (χ2v) is 7.46. The fourth-order valence-electron chi connectivity index (χ4n) is 3.88. The Morgan fingerprint density at radius 2 is 1.54 bits per heavy atom. The second kappa shape index (κ2) is 7.60. The fourth-order valence-corrected chi connectivity index (χ4v) is 3.88. The fraction of sp³-hybridized carbons (Fsp3) is 0.409. The summed E-state index contributed by atoms with van der Waals surface area (Å²) in [5, 5.41) is 14.7. The van der Waals surface area contributed by atoms with E-state index in [1.807, 2.05) is 24.3 Å². The molecule has 2 aromatic rings. The van der Waals surface area contributed by atoms with Gasteiger partial charge in [0.25, 0.3) is 0 Å². The third kappa shape index (κ3) is 3.53. The molecule has 0 unspecified atom stereocenters. The van der Waals surface area contributed by atoms with Crippen molar-refractivity contribution in [2.24, 2.45) is 11.1 Å². The number of aliphatic hydroxyl groups is 1. The molecule has 0 saturated carbocycles. The van der Waals surface area contributed by atoms with E-state index in [4.69, 9.17) is 4.84 Å². The van der Waals surface area contributed by atoms with Gasteiger partial charge in [-0.2, -0.15) is 0 Å². The summed E-state index contributed by atoms with van der Waals surface area (Å²) < 4.78 is 0. The Morgan fingerprint density at radius 1 is 1.00 bits per heavy atom. The first-order chi connectivity index (χ1) is 12.7. The molecule has 1 aliphatic carbocycles. The zero-order valence-corrected chi connectivity index (χ0v) is 15.3. The highest BCUT2D eigenvalue weighted by Crippen LogP contribution is 2.36. The number of hydrogen-bond acceptors (Lipinski definition) is 4. The van der Waals surface area contributed by atoms with E-state index in [1.54, 1.807) is 0 Å². The van der Waals surface area contributed by atoms with Crippen LogP contribution >= 0.6 is 0 Å². The van der Waals surface area contributed by atoms with Gasteiger partial charge in [-0.25, -0.2) is 0 Å². The maximum Gasteiger partial charge on any atom is 0.144 e. The van der Waals surface area contributed by atoms with Crippen molar-refractivity contribution in [3.05, 3.63) is 59.7 Å². The lowest BCUT2D eigenvalue weighted by Gasteiger charge is -2.31. The lowest BCUT2D eigenvalue weighted by Crippen LogP contribution is -2.39. The largest absolute Gasteiger partial charge is 0.392 e. The summed E-state index contributed by atoms with van der Waals surface area (Å²) in [7, 11) is 0. The number of benzene rings is 2. The molecule has 26 heavy (non-hydrogen) atoms. The third-order valence-corrected chi connectivity index (χ3v) is 5.42. The summed E-state index contributed by atoms with van der Waals surface area (Å²) in [5.41, 5.74) is 5.42. The Morgan fingerprint density at radius 3 is 2.12 bits per heavy atom. The monoisotopic (exact) mass is 350 g/mol. The van der Waals surface area contributed by atoms with Gasteiger partial charge < -0.3 is 14.8 Å². The first-order valence-corrected chi connectivity index (χ1v) is 9.52. The summed E-state index contributed by atoms with van der Waals surface area (Å²) in [6.45, 7) is 5.30. The molecular formula is C22H26N2O2.